The van der Waals surface area contributed by atoms with Crippen molar-refractivity contribution in [2.45, 2.75) is 32.9 Å². The number of hydrogen-bond donors (Lipinski definition) is 3. The van der Waals surface area contributed by atoms with Crippen molar-refractivity contribution in [1.29, 1.82) is 0 Å². The van der Waals surface area contributed by atoms with Crippen LogP contribution in [0.2, 0.25) is 0 Å². The molecule has 0 fully saturated rings. The smallest absolute Gasteiger partial charge is 0.323 e. The lowest BCUT2D eigenvalue weighted by Gasteiger charge is -2.23. The summed E-state index contributed by atoms with van der Waals surface area (Å²) in [6.45, 7) is 3.73. The van der Waals surface area contributed by atoms with Gasteiger partial charge in [-0.25, -0.2) is 14.4 Å². The molecule has 204 valence electrons. The van der Waals surface area contributed by atoms with Gasteiger partial charge in [-0.3, -0.25) is 4.79 Å². The van der Waals surface area contributed by atoms with Gasteiger partial charge in [-0.15, -0.1) is 0 Å². The molecule has 0 radical (unpaired) electrons. The van der Waals surface area contributed by atoms with Crippen LogP contribution in [0.25, 0.3) is 22.0 Å². The number of nitrogens with zero attached hydrogens (tertiary/aromatic N) is 3. The van der Waals surface area contributed by atoms with Crippen molar-refractivity contribution in [3.8, 4) is 17.0 Å². The Hall–Kier alpha value is -4.92. The van der Waals surface area contributed by atoms with Crippen LogP contribution in [0.15, 0.2) is 79.1 Å². The SMILES string of the molecule is CCOc1cc(CC)cc(C(Nc2ccc3c(N)nccc3c2)c2nc(-c3ccccc3)cn2CC(=O)O)c1F. The van der Waals surface area contributed by atoms with Crippen molar-refractivity contribution in [3.63, 3.8) is 0 Å². The molecule has 4 N–H and O–H groups in total. The average molecular weight is 540 g/mol. The molecule has 0 spiro atoms. The molecule has 0 amide bonds. The van der Waals surface area contributed by atoms with Crippen LogP contribution in [0.1, 0.15) is 36.8 Å². The number of carbonyl (C=O) groups is 1. The molecule has 0 aliphatic carbocycles. The first-order valence-electron chi connectivity index (χ1n) is 13.1. The number of nitrogens with two attached hydrogens (primary N) is 1. The summed E-state index contributed by atoms with van der Waals surface area (Å²) in [5, 5.41) is 14.8. The minimum atomic E-state index is -1.04. The van der Waals surface area contributed by atoms with E-state index in [0.29, 0.717) is 41.6 Å². The molecule has 9 heteroatoms. The first kappa shape index (κ1) is 26.7. The molecule has 0 bridgehead atoms. The Morgan fingerprint density at radius 3 is 2.65 bits per heavy atom. The van der Waals surface area contributed by atoms with Crippen LogP contribution < -0.4 is 15.8 Å². The number of carboxylic acids is 1. The van der Waals surface area contributed by atoms with Gasteiger partial charge in [-0.05, 0) is 54.6 Å². The molecular weight excluding hydrogens is 509 g/mol. The number of pyridine rings is 1. The van der Waals surface area contributed by atoms with E-state index in [-0.39, 0.29) is 12.3 Å². The maximum Gasteiger partial charge on any atom is 0.323 e. The third-order valence-corrected chi connectivity index (χ3v) is 6.69. The molecule has 5 rings (SSSR count). The van der Waals surface area contributed by atoms with E-state index in [1.807, 2.05) is 61.5 Å². The second-order valence-electron chi connectivity index (χ2n) is 9.37. The molecule has 8 nitrogen and oxygen atoms in total. The van der Waals surface area contributed by atoms with Gasteiger partial charge < -0.3 is 25.5 Å². The number of halogens is 1. The van der Waals surface area contributed by atoms with E-state index in [0.717, 1.165) is 21.9 Å². The maximum atomic E-state index is 16.1. The summed E-state index contributed by atoms with van der Waals surface area (Å²) in [5.41, 5.74) is 9.30. The summed E-state index contributed by atoms with van der Waals surface area (Å²) >= 11 is 0. The molecule has 1 unspecified atom stereocenters. The van der Waals surface area contributed by atoms with Gasteiger partial charge in [0.2, 0.25) is 0 Å². The van der Waals surface area contributed by atoms with E-state index in [2.05, 4.69) is 10.3 Å². The minimum Gasteiger partial charge on any atom is -0.491 e. The summed E-state index contributed by atoms with van der Waals surface area (Å²) in [7, 11) is 0. The minimum absolute atomic E-state index is 0.139. The number of aryl methyl sites for hydroxylation is 1. The second kappa shape index (κ2) is 11.4. The Morgan fingerprint density at radius 1 is 1.12 bits per heavy atom. The van der Waals surface area contributed by atoms with E-state index in [4.69, 9.17) is 15.5 Å². The van der Waals surface area contributed by atoms with Crippen molar-refractivity contribution in [2.75, 3.05) is 17.7 Å². The number of anilines is 2. The fourth-order valence-corrected chi connectivity index (χ4v) is 4.77. The average Bonchev–Trinajstić information content (AvgIpc) is 3.36. The molecule has 2 heterocycles. The standard InChI is InChI=1S/C31H30FN5O3/c1-3-19-14-24(28(32)26(15-19)40-4-2)29(35-22-10-11-23-21(16-22)12-13-34-30(23)33)31-36-25(17-37(31)18-27(38)39)20-8-6-5-7-9-20/h5-17,29,35H,3-4,18H2,1-2H3,(H2,33,34)(H,38,39). The number of aliphatic carboxylic acids is 1. The highest BCUT2D eigenvalue weighted by atomic mass is 19.1. The highest BCUT2D eigenvalue weighted by Gasteiger charge is 2.28. The molecular formula is C31H30FN5O3. The zero-order chi connectivity index (χ0) is 28.2. The van der Waals surface area contributed by atoms with Crippen LogP contribution in [0.3, 0.4) is 0 Å². The van der Waals surface area contributed by atoms with Crippen LogP contribution in [-0.4, -0.2) is 32.2 Å². The maximum absolute atomic E-state index is 16.1. The zero-order valence-corrected chi connectivity index (χ0v) is 22.3. The lowest BCUT2D eigenvalue weighted by molar-refractivity contribution is -0.137. The van der Waals surface area contributed by atoms with E-state index >= 15 is 4.39 Å². The van der Waals surface area contributed by atoms with Gasteiger partial charge >= 0.3 is 5.97 Å². The van der Waals surface area contributed by atoms with Crippen LogP contribution >= 0.6 is 0 Å². The normalized spacial score (nSPS) is 11.9. The summed E-state index contributed by atoms with van der Waals surface area (Å²) in [6.07, 6.45) is 3.97. The van der Waals surface area contributed by atoms with Gasteiger partial charge in [-0.2, -0.15) is 0 Å². The molecule has 5 aromatic rings. The second-order valence-corrected chi connectivity index (χ2v) is 9.37. The number of hydrogen-bond acceptors (Lipinski definition) is 6. The Labute approximate surface area is 231 Å². The van der Waals surface area contributed by atoms with Gasteiger partial charge in [0, 0.05) is 34.6 Å². The third-order valence-electron chi connectivity index (χ3n) is 6.69. The number of benzene rings is 3. The lowest BCUT2D eigenvalue weighted by Crippen LogP contribution is -2.21. The van der Waals surface area contributed by atoms with Gasteiger partial charge in [0.25, 0.3) is 0 Å². The summed E-state index contributed by atoms with van der Waals surface area (Å²) in [6, 6.07) is 19.5. The van der Waals surface area contributed by atoms with Crippen LogP contribution in [0.5, 0.6) is 5.75 Å². The van der Waals surface area contributed by atoms with Crippen molar-refractivity contribution in [1.82, 2.24) is 14.5 Å². The molecule has 2 aromatic heterocycles. The predicted molar refractivity (Wildman–Crippen MR) is 154 cm³/mol. The molecule has 0 saturated carbocycles. The van der Waals surface area contributed by atoms with E-state index in [1.165, 1.54) is 0 Å². The highest BCUT2D eigenvalue weighted by molar-refractivity contribution is 5.93. The van der Waals surface area contributed by atoms with Crippen molar-refractivity contribution in [2.24, 2.45) is 0 Å². The van der Waals surface area contributed by atoms with Gasteiger partial charge in [0.05, 0.1) is 12.3 Å². The quantitative estimate of drug-likeness (QED) is 0.197. The fourth-order valence-electron chi connectivity index (χ4n) is 4.77. The predicted octanol–water partition coefficient (Wildman–Crippen LogP) is 6.07. The number of carboxylic acid groups (broad SMARTS) is 1. The van der Waals surface area contributed by atoms with Gasteiger partial charge in [0.1, 0.15) is 24.2 Å². The van der Waals surface area contributed by atoms with Crippen LogP contribution in [0.4, 0.5) is 15.9 Å². The van der Waals surface area contributed by atoms with Gasteiger partial charge in [0.15, 0.2) is 11.6 Å². The third kappa shape index (κ3) is 5.44. The van der Waals surface area contributed by atoms with Crippen LogP contribution in [-0.2, 0) is 17.8 Å². The number of nitrogen functional groups attached to an aromatic ring is 1. The molecule has 1 atom stereocenters. The van der Waals surface area contributed by atoms with E-state index in [1.54, 1.807) is 36.0 Å². The molecule has 40 heavy (non-hydrogen) atoms. The summed E-state index contributed by atoms with van der Waals surface area (Å²) < 4.78 is 23.3. The number of aromatic nitrogens is 3. The van der Waals surface area contributed by atoms with Crippen molar-refractivity contribution in [3.05, 3.63) is 102 Å². The van der Waals surface area contributed by atoms with Gasteiger partial charge in [-0.1, -0.05) is 43.3 Å². The lowest BCUT2D eigenvalue weighted by atomic mass is 9.99. The number of rotatable bonds is 10. The first-order valence-corrected chi connectivity index (χ1v) is 13.1. The number of nitrogens with one attached hydrogen (secondary N) is 1. The molecule has 0 aliphatic rings. The molecule has 3 aromatic carbocycles. The number of ether oxygens (including phenoxy) is 1. The van der Waals surface area contributed by atoms with Crippen molar-refractivity contribution < 1.29 is 19.0 Å². The molecule has 0 aliphatic heterocycles. The Bertz CT molecular complexity index is 1670. The topological polar surface area (TPSA) is 115 Å². The highest BCUT2D eigenvalue weighted by Crippen LogP contribution is 2.36. The Kier molecular flexibility index (Phi) is 7.63. The number of imidazole rings is 1. The molecule has 0 saturated heterocycles. The Balaban J connectivity index is 1.71. The summed E-state index contributed by atoms with van der Waals surface area (Å²) in [4.78, 5) is 20.9. The Morgan fingerprint density at radius 2 is 1.93 bits per heavy atom. The fraction of sp³-hybridized carbons (Fsp3) is 0.194. The van der Waals surface area contributed by atoms with Crippen LogP contribution in [0, 0.1) is 5.82 Å². The van der Waals surface area contributed by atoms with E-state index in [9.17, 15) is 9.90 Å². The monoisotopic (exact) mass is 539 g/mol. The van der Waals surface area contributed by atoms with Crippen molar-refractivity contribution >= 4 is 28.2 Å². The number of fused-ring (bicyclic) bond motifs is 1. The largest absolute Gasteiger partial charge is 0.491 e. The first-order chi connectivity index (χ1) is 19.4. The zero-order valence-electron chi connectivity index (χ0n) is 22.3. The van der Waals surface area contributed by atoms with E-state index < -0.39 is 17.8 Å². The summed E-state index contributed by atoms with van der Waals surface area (Å²) in [5.74, 6) is -0.667.